The average molecular weight is 137 g/mol. The van der Waals surface area contributed by atoms with Crippen molar-refractivity contribution in [3.8, 4) is 0 Å². The van der Waals surface area contributed by atoms with Crippen molar-refractivity contribution in [1.82, 2.24) is 0 Å². The first kappa shape index (κ1) is 4.91. The van der Waals surface area contributed by atoms with Gasteiger partial charge in [0.25, 0.3) is 0 Å². The van der Waals surface area contributed by atoms with Crippen molar-refractivity contribution in [2.45, 2.75) is 30.6 Å². The number of hydrogen-bond acceptors (Lipinski definition) is 1. The fourth-order valence-corrected chi connectivity index (χ4v) is 3.23. The molecule has 0 amide bonds. The van der Waals surface area contributed by atoms with Crippen molar-refractivity contribution in [2.24, 2.45) is 11.8 Å². The maximum Gasteiger partial charge on any atom is 0.0872 e. The lowest BCUT2D eigenvalue weighted by atomic mass is 10.0. The molecule has 0 aromatic heterocycles. The molecule has 3 fully saturated rings. The van der Waals surface area contributed by atoms with E-state index in [1.807, 2.05) is 0 Å². The predicted molar refractivity (Wildman–Crippen MR) is 34.4 cm³/mol. The quantitative estimate of drug-likeness (QED) is 0.354. The Morgan fingerprint density at radius 3 is 2.67 bits per heavy atom. The molecule has 0 aromatic carbocycles. The molecule has 5 atom stereocenters. The molecule has 2 heteroatoms. The molecule has 9 heavy (non-hydrogen) atoms. The molecule has 5 unspecified atom stereocenters. The van der Waals surface area contributed by atoms with Crippen LogP contribution in [-0.4, -0.2) is 22.5 Å². The first-order chi connectivity index (χ1) is 4.36. The Labute approximate surface area is 58.2 Å². The van der Waals surface area contributed by atoms with Gasteiger partial charge in [-0.1, -0.05) is 0 Å². The summed E-state index contributed by atoms with van der Waals surface area (Å²) in [6.07, 6.45) is 4.17. The summed E-state index contributed by atoms with van der Waals surface area (Å²) < 4.78 is 5.48. The van der Waals surface area contributed by atoms with Gasteiger partial charge >= 0.3 is 0 Å². The van der Waals surface area contributed by atoms with Crippen LogP contribution in [0, 0.1) is 11.8 Å². The van der Waals surface area contributed by atoms with E-state index in [1.165, 1.54) is 12.8 Å². The van der Waals surface area contributed by atoms with E-state index >= 15 is 0 Å². The van der Waals surface area contributed by atoms with Crippen molar-refractivity contribution in [1.29, 1.82) is 0 Å². The van der Waals surface area contributed by atoms with Gasteiger partial charge in [0.05, 0.1) is 12.2 Å². The Hall–Kier alpha value is 0.177. The van der Waals surface area contributed by atoms with E-state index in [1.54, 1.807) is 0 Å². The van der Waals surface area contributed by atoms with E-state index < -0.39 is 0 Å². The molecule has 0 spiro atoms. The number of fused-ring (bicyclic) bond motifs is 5. The van der Waals surface area contributed by atoms with Gasteiger partial charge in [-0.05, 0) is 30.2 Å². The average Bonchev–Trinajstić information content (AvgIpc) is 2.46. The summed E-state index contributed by atoms with van der Waals surface area (Å²) in [5.74, 6) is 1.79. The standard InChI is InChI=1S/C7H9OSi/c9-5-2-3-1-4(5)7-6(3)8-7/h3-7H,1-2H2. The summed E-state index contributed by atoms with van der Waals surface area (Å²) in [7, 11) is 3.73. The van der Waals surface area contributed by atoms with Gasteiger partial charge in [-0.2, -0.15) is 0 Å². The van der Waals surface area contributed by atoms with E-state index in [0.717, 1.165) is 17.4 Å². The molecule has 47 valence electrons. The van der Waals surface area contributed by atoms with Crippen LogP contribution in [0.15, 0.2) is 0 Å². The van der Waals surface area contributed by atoms with Gasteiger partial charge in [-0.25, -0.2) is 0 Å². The molecule has 3 rings (SSSR count). The highest BCUT2D eigenvalue weighted by Gasteiger charge is 2.61. The zero-order valence-electron chi connectivity index (χ0n) is 5.21. The van der Waals surface area contributed by atoms with Crippen LogP contribution in [0.1, 0.15) is 12.8 Å². The summed E-state index contributed by atoms with van der Waals surface area (Å²) >= 11 is 0. The Morgan fingerprint density at radius 1 is 1.22 bits per heavy atom. The van der Waals surface area contributed by atoms with Crippen LogP contribution in [0.4, 0.5) is 0 Å². The number of ether oxygens (including phenoxy) is 1. The normalized spacial score (nSPS) is 68.3. The fourth-order valence-electron chi connectivity index (χ4n) is 2.60. The molecule has 3 aliphatic rings. The van der Waals surface area contributed by atoms with E-state index in [4.69, 9.17) is 4.74 Å². The number of epoxide rings is 1. The largest absolute Gasteiger partial charge is 0.369 e. The van der Waals surface area contributed by atoms with Crippen molar-refractivity contribution in [3.63, 3.8) is 0 Å². The molecule has 3 radical (unpaired) electrons. The minimum absolute atomic E-state index is 0.672. The highest BCUT2D eigenvalue weighted by atomic mass is 28.1. The monoisotopic (exact) mass is 137 g/mol. The zero-order valence-corrected chi connectivity index (χ0v) is 6.21. The van der Waals surface area contributed by atoms with Crippen LogP contribution < -0.4 is 0 Å². The maximum atomic E-state index is 5.48. The van der Waals surface area contributed by atoms with Crippen molar-refractivity contribution < 1.29 is 4.74 Å². The topological polar surface area (TPSA) is 12.5 Å². The summed E-state index contributed by atoms with van der Waals surface area (Å²) in [5, 5.41) is 0. The second-order valence-electron chi connectivity index (χ2n) is 3.57. The summed E-state index contributed by atoms with van der Waals surface area (Å²) in [6, 6.07) is 0. The van der Waals surface area contributed by atoms with E-state index in [2.05, 4.69) is 10.2 Å². The Bertz CT molecular complexity index is 155. The number of rotatable bonds is 0. The fraction of sp³-hybridized carbons (Fsp3) is 1.00. The molecule has 1 nitrogen and oxygen atoms in total. The van der Waals surface area contributed by atoms with Crippen molar-refractivity contribution in [3.05, 3.63) is 0 Å². The van der Waals surface area contributed by atoms with Gasteiger partial charge in [0, 0.05) is 10.2 Å². The smallest absolute Gasteiger partial charge is 0.0872 e. The molecule has 1 saturated heterocycles. The van der Waals surface area contributed by atoms with Gasteiger partial charge < -0.3 is 4.74 Å². The third kappa shape index (κ3) is 0.455. The lowest BCUT2D eigenvalue weighted by molar-refractivity contribution is 0.264. The van der Waals surface area contributed by atoms with Gasteiger partial charge in [-0.3, -0.25) is 0 Å². The van der Waals surface area contributed by atoms with Crippen LogP contribution in [0.3, 0.4) is 0 Å². The van der Waals surface area contributed by atoms with Gasteiger partial charge in [0.2, 0.25) is 0 Å². The first-order valence-corrected chi connectivity index (χ1v) is 4.30. The van der Waals surface area contributed by atoms with Crippen LogP contribution in [-0.2, 0) is 4.74 Å². The minimum atomic E-state index is 0.672. The molecule has 2 bridgehead atoms. The molecular formula is C7H9OSi. The summed E-state index contributed by atoms with van der Waals surface area (Å²) in [5.41, 5.74) is 0.777. The molecular weight excluding hydrogens is 128 g/mol. The minimum Gasteiger partial charge on any atom is -0.369 e. The first-order valence-electron chi connectivity index (χ1n) is 3.73. The van der Waals surface area contributed by atoms with Crippen molar-refractivity contribution in [2.75, 3.05) is 0 Å². The second kappa shape index (κ2) is 1.27. The molecule has 2 saturated carbocycles. The Morgan fingerprint density at radius 2 is 2.11 bits per heavy atom. The maximum absolute atomic E-state index is 5.48. The Kier molecular flexibility index (Phi) is 0.696. The third-order valence-electron chi connectivity index (χ3n) is 3.10. The molecule has 1 heterocycles. The van der Waals surface area contributed by atoms with E-state index in [-0.39, 0.29) is 0 Å². The summed E-state index contributed by atoms with van der Waals surface area (Å²) in [4.78, 5) is 0. The predicted octanol–water partition coefficient (Wildman–Crippen LogP) is 0.751. The zero-order chi connectivity index (χ0) is 6.01. The molecule has 0 aromatic rings. The molecule has 1 aliphatic heterocycles. The lowest BCUT2D eigenvalue weighted by Gasteiger charge is -2.11. The van der Waals surface area contributed by atoms with Gasteiger partial charge in [-0.15, -0.1) is 0 Å². The van der Waals surface area contributed by atoms with Gasteiger partial charge in [0.1, 0.15) is 0 Å². The van der Waals surface area contributed by atoms with Gasteiger partial charge in [0.15, 0.2) is 0 Å². The van der Waals surface area contributed by atoms with Crippen LogP contribution in [0.2, 0.25) is 5.54 Å². The number of hydrogen-bond donors (Lipinski definition) is 0. The summed E-state index contributed by atoms with van der Waals surface area (Å²) in [6.45, 7) is 0. The SMILES string of the molecule is [Si]C1CC2CC1C1OC21. The van der Waals surface area contributed by atoms with Crippen molar-refractivity contribution >= 4 is 10.2 Å². The van der Waals surface area contributed by atoms with E-state index in [9.17, 15) is 0 Å². The van der Waals surface area contributed by atoms with Crippen LogP contribution >= 0.6 is 0 Å². The second-order valence-corrected chi connectivity index (χ2v) is 4.31. The molecule has 2 aliphatic carbocycles. The van der Waals surface area contributed by atoms with Crippen LogP contribution in [0.5, 0.6) is 0 Å². The lowest BCUT2D eigenvalue weighted by Crippen LogP contribution is -2.12. The molecule has 0 N–H and O–H groups in total. The highest BCUT2D eigenvalue weighted by molar-refractivity contribution is 6.12. The Balaban J connectivity index is 1.96. The van der Waals surface area contributed by atoms with Crippen LogP contribution in [0.25, 0.3) is 0 Å². The highest BCUT2D eigenvalue weighted by Crippen LogP contribution is 2.60. The third-order valence-corrected chi connectivity index (χ3v) is 3.76. The van der Waals surface area contributed by atoms with E-state index in [0.29, 0.717) is 12.2 Å².